The molecule has 0 saturated heterocycles. The highest BCUT2D eigenvalue weighted by molar-refractivity contribution is 6.14. The maximum atomic E-state index is 12.9. The topological polar surface area (TPSA) is 81.7 Å². The van der Waals surface area contributed by atoms with E-state index >= 15 is 0 Å². The number of amides is 1. The molecule has 0 aliphatic carbocycles. The lowest BCUT2D eigenvalue weighted by molar-refractivity contribution is -0.123. The Kier molecular flexibility index (Phi) is 6.82. The van der Waals surface area contributed by atoms with E-state index in [1.165, 1.54) is 20.1 Å². The highest BCUT2D eigenvalue weighted by Gasteiger charge is 2.24. The van der Waals surface area contributed by atoms with Crippen LogP contribution in [0.25, 0.3) is 0 Å². The van der Waals surface area contributed by atoms with Crippen LogP contribution >= 0.6 is 0 Å². The van der Waals surface area contributed by atoms with Gasteiger partial charge >= 0.3 is 5.97 Å². The molecule has 0 aromatic heterocycles. The quantitative estimate of drug-likeness (QED) is 0.455. The van der Waals surface area contributed by atoms with Gasteiger partial charge in [-0.2, -0.15) is 0 Å². The Hall–Kier alpha value is -3.93. The van der Waals surface area contributed by atoms with Crippen LogP contribution in [0.1, 0.15) is 38.8 Å². The van der Waals surface area contributed by atoms with E-state index in [0.717, 1.165) is 5.56 Å². The molecule has 31 heavy (non-hydrogen) atoms. The molecule has 3 aromatic rings. The third-order valence-corrected chi connectivity index (χ3v) is 4.72. The summed E-state index contributed by atoms with van der Waals surface area (Å²) in [7, 11) is 1.50. The zero-order chi connectivity index (χ0) is 22.4. The Balaban J connectivity index is 1.75. The molecule has 3 aromatic carbocycles. The molecule has 1 amide bonds. The van der Waals surface area contributed by atoms with E-state index in [0.29, 0.717) is 17.0 Å². The average Bonchev–Trinajstić information content (AvgIpc) is 2.79. The first-order valence-electron chi connectivity index (χ1n) is 9.76. The number of ketones is 1. The van der Waals surface area contributed by atoms with E-state index in [9.17, 15) is 14.4 Å². The number of anilines is 1. The largest absolute Gasteiger partial charge is 0.495 e. The molecule has 3 rings (SSSR count). The zero-order valence-electron chi connectivity index (χ0n) is 17.5. The van der Waals surface area contributed by atoms with Crippen molar-refractivity contribution in [1.82, 2.24) is 0 Å². The maximum Gasteiger partial charge on any atom is 0.339 e. The standard InChI is InChI=1S/C25H23NO5/c1-16-12-14-18(15-13-16)23(27)19-8-4-5-9-20(19)25(29)31-17(2)24(28)26-21-10-6-7-11-22(21)30-3/h4-15,17H,1-3H3,(H,26,28)/t17-/m0/s1. The number of para-hydroxylation sites is 2. The summed E-state index contributed by atoms with van der Waals surface area (Å²) in [5.74, 6) is -1.07. The Morgan fingerprint density at radius 2 is 1.45 bits per heavy atom. The van der Waals surface area contributed by atoms with Crippen molar-refractivity contribution in [3.05, 3.63) is 95.1 Å². The predicted molar refractivity (Wildman–Crippen MR) is 118 cm³/mol. The van der Waals surface area contributed by atoms with Gasteiger partial charge in [-0.15, -0.1) is 0 Å². The molecule has 0 unspecified atom stereocenters. The van der Waals surface area contributed by atoms with Gasteiger partial charge in [-0.1, -0.05) is 60.2 Å². The summed E-state index contributed by atoms with van der Waals surface area (Å²) < 4.78 is 10.6. The van der Waals surface area contributed by atoms with Crippen molar-refractivity contribution < 1.29 is 23.9 Å². The zero-order valence-corrected chi connectivity index (χ0v) is 17.5. The molecule has 1 atom stereocenters. The number of hydrogen-bond donors (Lipinski definition) is 1. The SMILES string of the molecule is COc1ccccc1NC(=O)[C@H](C)OC(=O)c1ccccc1C(=O)c1ccc(C)cc1. The molecule has 1 N–H and O–H groups in total. The second-order valence-corrected chi connectivity index (χ2v) is 6.98. The van der Waals surface area contributed by atoms with Crippen molar-refractivity contribution in [2.45, 2.75) is 20.0 Å². The second kappa shape index (κ2) is 9.71. The van der Waals surface area contributed by atoms with E-state index < -0.39 is 18.0 Å². The van der Waals surface area contributed by atoms with Gasteiger partial charge in [0.25, 0.3) is 5.91 Å². The van der Waals surface area contributed by atoms with Crippen LogP contribution in [0.5, 0.6) is 5.75 Å². The van der Waals surface area contributed by atoms with Gasteiger partial charge in [-0.25, -0.2) is 4.79 Å². The average molecular weight is 417 g/mol. The van der Waals surface area contributed by atoms with Crippen molar-refractivity contribution in [2.75, 3.05) is 12.4 Å². The third kappa shape index (κ3) is 5.17. The van der Waals surface area contributed by atoms with E-state index in [-0.39, 0.29) is 16.9 Å². The number of hydrogen-bond acceptors (Lipinski definition) is 5. The van der Waals surface area contributed by atoms with Gasteiger partial charge in [-0.05, 0) is 32.0 Å². The lowest BCUT2D eigenvalue weighted by atomic mass is 9.98. The molecular weight excluding hydrogens is 394 g/mol. The first kappa shape index (κ1) is 21.8. The van der Waals surface area contributed by atoms with E-state index in [1.807, 2.05) is 19.1 Å². The van der Waals surface area contributed by atoms with Gasteiger partial charge in [-0.3, -0.25) is 9.59 Å². The van der Waals surface area contributed by atoms with Crippen LogP contribution in [0.3, 0.4) is 0 Å². The molecule has 0 aliphatic heterocycles. The third-order valence-electron chi connectivity index (χ3n) is 4.72. The fraction of sp³-hybridized carbons (Fsp3) is 0.160. The van der Waals surface area contributed by atoms with Gasteiger partial charge in [0, 0.05) is 11.1 Å². The Morgan fingerprint density at radius 1 is 0.839 bits per heavy atom. The smallest absolute Gasteiger partial charge is 0.339 e. The number of carbonyl (C=O) groups excluding carboxylic acids is 3. The molecule has 6 heteroatoms. The van der Waals surface area contributed by atoms with Gasteiger partial charge in [0.2, 0.25) is 0 Å². The number of nitrogens with one attached hydrogen (secondary N) is 1. The van der Waals surface area contributed by atoms with Gasteiger partial charge in [0.15, 0.2) is 11.9 Å². The van der Waals surface area contributed by atoms with Crippen molar-refractivity contribution in [2.24, 2.45) is 0 Å². The number of benzene rings is 3. The monoisotopic (exact) mass is 417 g/mol. The number of rotatable bonds is 7. The van der Waals surface area contributed by atoms with Gasteiger partial charge in [0.05, 0.1) is 18.4 Å². The second-order valence-electron chi connectivity index (χ2n) is 6.98. The number of carbonyl (C=O) groups is 3. The van der Waals surface area contributed by atoms with Crippen LogP contribution in [0.4, 0.5) is 5.69 Å². The number of methoxy groups -OCH3 is 1. The normalized spacial score (nSPS) is 11.3. The fourth-order valence-corrected chi connectivity index (χ4v) is 2.98. The van der Waals surface area contributed by atoms with Crippen LogP contribution in [0, 0.1) is 6.92 Å². The minimum atomic E-state index is -1.08. The molecule has 158 valence electrons. The molecule has 6 nitrogen and oxygen atoms in total. The summed E-state index contributed by atoms with van der Waals surface area (Å²) >= 11 is 0. The summed E-state index contributed by atoms with van der Waals surface area (Å²) in [5, 5.41) is 2.68. The van der Waals surface area contributed by atoms with Crippen molar-refractivity contribution in [3.63, 3.8) is 0 Å². The molecule has 0 saturated carbocycles. The molecule has 0 aliphatic rings. The summed E-state index contributed by atoms with van der Waals surface area (Å²) in [5.41, 5.74) is 2.28. The van der Waals surface area contributed by atoms with Gasteiger partial charge < -0.3 is 14.8 Å². The van der Waals surface area contributed by atoms with Crippen LogP contribution in [0.2, 0.25) is 0 Å². The molecule has 0 bridgehead atoms. The Morgan fingerprint density at radius 3 is 2.13 bits per heavy atom. The number of ether oxygens (including phenoxy) is 2. The highest BCUT2D eigenvalue weighted by Crippen LogP contribution is 2.23. The molecule has 0 heterocycles. The predicted octanol–water partition coefficient (Wildman–Crippen LogP) is 4.42. The minimum Gasteiger partial charge on any atom is -0.495 e. The molecule has 0 radical (unpaired) electrons. The lowest BCUT2D eigenvalue weighted by Gasteiger charge is -2.16. The summed E-state index contributed by atoms with van der Waals surface area (Å²) in [6, 6.07) is 20.4. The van der Waals surface area contributed by atoms with E-state index in [4.69, 9.17) is 9.47 Å². The first-order chi connectivity index (χ1) is 14.9. The van der Waals surface area contributed by atoms with E-state index in [2.05, 4.69) is 5.32 Å². The summed E-state index contributed by atoms with van der Waals surface area (Å²) in [4.78, 5) is 38.2. The van der Waals surface area contributed by atoms with Crippen LogP contribution in [-0.2, 0) is 9.53 Å². The van der Waals surface area contributed by atoms with Crippen LogP contribution in [-0.4, -0.2) is 30.9 Å². The fourth-order valence-electron chi connectivity index (χ4n) is 2.98. The molecule has 0 fully saturated rings. The Bertz CT molecular complexity index is 1100. The van der Waals surface area contributed by atoms with Crippen molar-refractivity contribution >= 4 is 23.3 Å². The highest BCUT2D eigenvalue weighted by atomic mass is 16.5. The molecule has 0 spiro atoms. The maximum absolute atomic E-state index is 12.9. The number of esters is 1. The van der Waals surface area contributed by atoms with Crippen LogP contribution < -0.4 is 10.1 Å². The lowest BCUT2D eigenvalue weighted by Crippen LogP contribution is -2.30. The summed E-state index contributed by atoms with van der Waals surface area (Å²) in [6.45, 7) is 3.39. The molecular formula is C25H23NO5. The van der Waals surface area contributed by atoms with Crippen LogP contribution in [0.15, 0.2) is 72.8 Å². The Labute approximate surface area is 180 Å². The summed E-state index contributed by atoms with van der Waals surface area (Å²) in [6.07, 6.45) is -1.08. The minimum absolute atomic E-state index is 0.102. The van der Waals surface area contributed by atoms with E-state index in [1.54, 1.807) is 54.6 Å². The first-order valence-corrected chi connectivity index (χ1v) is 9.76. The van der Waals surface area contributed by atoms with Gasteiger partial charge in [0.1, 0.15) is 5.75 Å². The van der Waals surface area contributed by atoms with Crippen molar-refractivity contribution in [1.29, 1.82) is 0 Å². The number of aryl methyl sites for hydroxylation is 1. The van der Waals surface area contributed by atoms with Crippen molar-refractivity contribution in [3.8, 4) is 5.75 Å².